The number of hydrogen-bond donors (Lipinski definition) is 2. The molecule has 1 aliphatic rings. The second-order valence-electron chi connectivity index (χ2n) is 7.81. The van der Waals surface area contributed by atoms with Gasteiger partial charge in [0.25, 0.3) is 5.91 Å². The van der Waals surface area contributed by atoms with Crippen LogP contribution in [-0.2, 0) is 6.54 Å². The summed E-state index contributed by atoms with van der Waals surface area (Å²) in [6, 6.07) is 9.40. The van der Waals surface area contributed by atoms with Crippen LogP contribution in [0.15, 0.2) is 48.9 Å². The number of benzene rings is 1. The van der Waals surface area contributed by atoms with Crippen LogP contribution >= 0.6 is 0 Å². The van der Waals surface area contributed by atoms with Crippen LogP contribution in [0.2, 0.25) is 0 Å². The minimum atomic E-state index is -0.459. The monoisotopic (exact) mass is 432 g/mol. The standard InChI is InChI=1S/C23H21FN6O2/c1-13-3-5-15(6-4-13)19-12-30-21-18(11-28-30)22(31)26-8-14(2)32-23-16(7-17(24)10-27-23)9-25-20(19)29-21/h3-7,10-12,14H,8-9H2,1-2H3,(H,25,29)(H,26,31)/t14-/m0/s1. The molecule has 3 aromatic heterocycles. The van der Waals surface area contributed by atoms with Crippen molar-refractivity contribution < 1.29 is 13.9 Å². The molecule has 2 N–H and O–H groups in total. The van der Waals surface area contributed by atoms with Crippen LogP contribution in [0.1, 0.15) is 28.4 Å². The number of aryl methyl sites for hydroxylation is 1. The van der Waals surface area contributed by atoms with Crippen LogP contribution < -0.4 is 15.4 Å². The minimum absolute atomic E-state index is 0.236. The molecule has 4 aromatic rings. The highest BCUT2D eigenvalue weighted by Gasteiger charge is 2.20. The van der Waals surface area contributed by atoms with Gasteiger partial charge in [0, 0.05) is 23.9 Å². The number of pyridine rings is 1. The summed E-state index contributed by atoms with van der Waals surface area (Å²) in [6.07, 6.45) is 4.07. The molecule has 5 rings (SSSR count). The zero-order valence-electron chi connectivity index (χ0n) is 17.6. The van der Waals surface area contributed by atoms with Crippen LogP contribution in [0.4, 0.5) is 10.2 Å². The first-order chi connectivity index (χ1) is 15.5. The van der Waals surface area contributed by atoms with E-state index in [2.05, 4.69) is 20.7 Å². The lowest BCUT2D eigenvalue weighted by molar-refractivity contribution is 0.0932. The number of ether oxygens (including phenoxy) is 1. The average Bonchev–Trinajstić information content (AvgIpc) is 3.20. The number of hydrogen-bond acceptors (Lipinski definition) is 6. The third kappa shape index (κ3) is 3.73. The molecule has 1 aliphatic heterocycles. The normalized spacial score (nSPS) is 16.2. The molecule has 1 amide bonds. The van der Waals surface area contributed by atoms with Crippen LogP contribution in [0.25, 0.3) is 16.8 Å². The number of carbonyl (C=O) groups is 1. The Kier molecular flexibility index (Phi) is 4.93. The molecule has 0 saturated heterocycles. The van der Waals surface area contributed by atoms with Gasteiger partial charge < -0.3 is 15.4 Å². The predicted molar refractivity (Wildman–Crippen MR) is 117 cm³/mol. The minimum Gasteiger partial charge on any atom is -0.473 e. The molecule has 32 heavy (non-hydrogen) atoms. The largest absolute Gasteiger partial charge is 0.473 e. The van der Waals surface area contributed by atoms with Crippen molar-refractivity contribution in [3.05, 3.63) is 71.4 Å². The molecule has 0 unspecified atom stereocenters. The maximum Gasteiger partial charge on any atom is 0.256 e. The number of nitrogens with zero attached hydrogens (tertiary/aromatic N) is 4. The fourth-order valence-corrected chi connectivity index (χ4v) is 3.59. The van der Waals surface area contributed by atoms with Crippen molar-refractivity contribution in [1.29, 1.82) is 0 Å². The van der Waals surface area contributed by atoms with Crippen LogP contribution in [0.5, 0.6) is 5.88 Å². The van der Waals surface area contributed by atoms with E-state index in [1.807, 2.05) is 44.3 Å². The summed E-state index contributed by atoms with van der Waals surface area (Å²) in [4.78, 5) is 21.6. The lowest BCUT2D eigenvalue weighted by Crippen LogP contribution is -2.33. The average molecular weight is 432 g/mol. The van der Waals surface area contributed by atoms with Gasteiger partial charge in [0.15, 0.2) is 5.65 Å². The van der Waals surface area contributed by atoms with Crippen molar-refractivity contribution in [3.63, 3.8) is 0 Å². The van der Waals surface area contributed by atoms with Gasteiger partial charge in [-0.05, 0) is 25.5 Å². The van der Waals surface area contributed by atoms with Crippen molar-refractivity contribution in [2.75, 3.05) is 11.9 Å². The highest BCUT2D eigenvalue weighted by molar-refractivity contribution is 6.00. The van der Waals surface area contributed by atoms with Gasteiger partial charge in [-0.2, -0.15) is 5.10 Å². The Morgan fingerprint density at radius 3 is 2.78 bits per heavy atom. The van der Waals surface area contributed by atoms with Gasteiger partial charge >= 0.3 is 0 Å². The van der Waals surface area contributed by atoms with E-state index in [4.69, 9.17) is 9.72 Å². The molecule has 4 heterocycles. The SMILES string of the molecule is Cc1ccc(-c2cn3ncc4c3nc2NCc2cc(F)cnc2O[C@@H](C)CNC4=O)cc1. The van der Waals surface area contributed by atoms with Crippen molar-refractivity contribution in [1.82, 2.24) is 24.9 Å². The van der Waals surface area contributed by atoms with Crippen LogP contribution in [-0.4, -0.2) is 38.1 Å². The number of nitrogens with one attached hydrogen (secondary N) is 2. The number of aromatic nitrogens is 4. The molecule has 0 spiro atoms. The summed E-state index contributed by atoms with van der Waals surface area (Å²) >= 11 is 0. The Bertz CT molecular complexity index is 1320. The lowest BCUT2D eigenvalue weighted by atomic mass is 10.1. The maximum atomic E-state index is 13.9. The second-order valence-corrected chi connectivity index (χ2v) is 7.81. The molecular formula is C23H21FN6O2. The van der Waals surface area contributed by atoms with E-state index in [1.54, 1.807) is 4.52 Å². The third-order valence-corrected chi connectivity index (χ3v) is 5.30. The fraction of sp³-hybridized carbons (Fsp3) is 0.217. The van der Waals surface area contributed by atoms with Gasteiger partial charge in [0.05, 0.1) is 18.9 Å². The van der Waals surface area contributed by atoms with Crippen molar-refractivity contribution in [2.45, 2.75) is 26.5 Å². The molecule has 162 valence electrons. The van der Waals surface area contributed by atoms with Crippen molar-refractivity contribution in [2.24, 2.45) is 0 Å². The molecule has 1 aromatic carbocycles. The highest BCUT2D eigenvalue weighted by Crippen LogP contribution is 2.29. The molecule has 9 heteroatoms. The summed E-state index contributed by atoms with van der Waals surface area (Å²) in [5, 5.41) is 10.5. The quantitative estimate of drug-likeness (QED) is 0.479. The van der Waals surface area contributed by atoms with Crippen molar-refractivity contribution in [3.8, 4) is 17.0 Å². The Morgan fingerprint density at radius 2 is 1.97 bits per heavy atom. The van der Waals surface area contributed by atoms with Crippen LogP contribution in [0, 0.1) is 12.7 Å². The van der Waals surface area contributed by atoms with Gasteiger partial charge in [-0.15, -0.1) is 0 Å². The maximum absolute atomic E-state index is 13.9. The molecule has 2 bridgehead atoms. The van der Waals surface area contributed by atoms with E-state index >= 15 is 0 Å². The summed E-state index contributed by atoms with van der Waals surface area (Å²) in [6.45, 7) is 4.31. The molecule has 0 fully saturated rings. The second kappa shape index (κ2) is 7.92. The smallest absolute Gasteiger partial charge is 0.256 e. The summed E-state index contributed by atoms with van der Waals surface area (Å²) in [7, 11) is 0. The van der Waals surface area contributed by atoms with Gasteiger partial charge in [-0.1, -0.05) is 29.8 Å². The molecule has 0 radical (unpaired) electrons. The summed E-state index contributed by atoms with van der Waals surface area (Å²) < 4.78 is 21.4. The Morgan fingerprint density at radius 1 is 1.16 bits per heavy atom. The first-order valence-corrected chi connectivity index (χ1v) is 10.3. The molecule has 8 nitrogen and oxygen atoms in total. The predicted octanol–water partition coefficient (Wildman–Crippen LogP) is 3.36. The van der Waals surface area contributed by atoms with E-state index < -0.39 is 5.82 Å². The number of carbonyl (C=O) groups excluding carboxylic acids is 1. The fourth-order valence-electron chi connectivity index (χ4n) is 3.59. The van der Waals surface area contributed by atoms with Gasteiger partial charge in [-0.25, -0.2) is 18.9 Å². The molecule has 0 aliphatic carbocycles. The summed E-state index contributed by atoms with van der Waals surface area (Å²) in [5.74, 6) is 0.0856. The van der Waals surface area contributed by atoms with E-state index in [0.29, 0.717) is 28.5 Å². The first-order valence-electron chi connectivity index (χ1n) is 10.3. The van der Waals surface area contributed by atoms with Gasteiger partial charge in [0.2, 0.25) is 5.88 Å². The number of fused-ring (bicyclic) bond motifs is 2. The topological polar surface area (TPSA) is 93.4 Å². The van der Waals surface area contributed by atoms with E-state index in [0.717, 1.165) is 22.9 Å². The molecule has 1 atom stereocenters. The van der Waals surface area contributed by atoms with Gasteiger partial charge in [0.1, 0.15) is 23.3 Å². The van der Waals surface area contributed by atoms with Crippen molar-refractivity contribution >= 4 is 17.4 Å². The van der Waals surface area contributed by atoms with Gasteiger partial charge in [-0.3, -0.25) is 4.79 Å². The Balaban J connectivity index is 1.66. The first kappa shape index (κ1) is 19.9. The Labute approximate surface area is 183 Å². The van der Waals surface area contributed by atoms with E-state index in [-0.39, 0.29) is 25.1 Å². The van der Waals surface area contributed by atoms with E-state index in [1.165, 1.54) is 12.3 Å². The number of amides is 1. The lowest BCUT2D eigenvalue weighted by Gasteiger charge is -2.17. The summed E-state index contributed by atoms with van der Waals surface area (Å²) in [5.41, 5.74) is 4.19. The number of rotatable bonds is 1. The zero-order chi connectivity index (χ0) is 22.2. The number of halogens is 1. The highest BCUT2D eigenvalue weighted by atomic mass is 19.1. The van der Waals surface area contributed by atoms with E-state index in [9.17, 15) is 9.18 Å². The molecular weight excluding hydrogens is 411 g/mol. The Hall–Kier alpha value is -4.01. The van der Waals surface area contributed by atoms with Crippen LogP contribution in [0.3, 0.4) is 0 Å². The molecule has 0 saturated carbocycles. The zero-order valence-corrected chi connectivity index (χ0v) is 17.6. The number of anilines is 1. The third-order valence-electron chi connectivity index (χ3n) is 5.30.